The summed E-state index contributed by atoms with van der Waals surface area (Å²) < 4.78 is 11.5. The third-order valence-electron chi connectivity index (χ3n) is 4.85. The van der Waals surface area contributed by atoms with Crippen LogP contribution in [-0.4, -0.2) is 7.11 Å². The second-order valence-corrected chi connectivity index (χ2v) is 6.54. The van der Waals surface area contributed by atoms with E-state index in [1.165, 1.54) is 0 Å². The van der Waals surface area contributed by atoms with Crippen LogP contribution in [0.15, 0.2) is 82.0 Å². The van der Waals surface area contributed by atoms with Crippen LogP contribution in [0.2, 0.25) is 0 Å². The van der Waals surface area contributed by atoms with Crippen molar-refractivity contribution in [1.82, 2.24) is 0 Å². The van der Waals surface area contributed by atoms with E-state index in [2.05, 4.69) is 0 Å². The Morgan fingerprint density at radius 1 is 0.781 bits per heavy atom. The molecule has 3 heteroatoms. The molecule has 166 valence electrons. The molecule has 4 aromatic rings. The molecule has 4 rings (SSSR count). The van der Waals surface area contributed by atoms with Crippen molar-refractivity contribution in [2.45, 2.75) is 34.6 Å². The van der Waals surface area contributed by atoms with Gasteiger partial charge >= 0.3 is 0 Å². The van der Waals surface area contributed by atoms with Crippen molar-refractivity contribution >= 4 is 23.1 Å². The highest BCUT2D eigenvalue weighted by Crippen LogP contribution is 2.27. The molecule has 3 aromatic carbocycles. The van der Waals surface area contributed by atoms with Crippen molar-refractivity contribution in [3.05, 3.63) is 99.9 Å². The molecule has 32 heavy (non-hydrogen) atoms. The van der Waals surface area contributed by atoms with Crippen LogP contribution < -0.4 is 10.2 Å². The molecule has 0 radical (unpaired) electrons. The van der Waals surface area contributed by atoms with Gasteiger partial charge in [0.1, 0.15) is 17.1 Å². The van der Waals surface area contributed by atoms with Gasteiger partial charge in [-0.25, -0.2) is 0 Å². The van der Waals surface area contributed by atoms with Gasteiger partial charge in [0, 0.05) is 0 Å². The minimum atomic E-state index is -0.0323. The molecule has 0 spiro atoms. The van der Waals surface area contributed by atoms with E-state index in [9.17, 15) is 4.79 Å². The normalized spacial score (nSPS) is 10.2. The lowest BCUT2D eigenvalue weighted by molar-refractivity contribution is 0.411. The summed E-state index contributed by atoms with van der Waals surface area (Å²) in [5, 5.41) is 0.580. The Labute approximate surface area is 191 Å². The Kier molecular flexibility index (Phi) is 9.49. The van der Waals surface area contributed by atoms with Gasteiger partial charge in [-0.2, -0.15) is 0 Å². The Bertz CT molecular complexity index is 1220. The Hall–Kier alpha value is -3.59. The molecule has 0 N–H and O–H groups in total. The Morgan fingerprint density at radius 3 is 2.12 bits per heavy atom. The highest BCUT2D eigenvalue weighted by molar-refractivity contribution is 5.87. The standard InChI is InChI=1S/C25H20O3.2C2H6/c1-17-18(11-8-14-21(17)27-2)15-16-23-24(19-9-4-3-5-10-19)25(26)20-12-6-7-13-22(20)28-23;2*1-2/h3-16H,1-2H3;2*1-2H3/b16-15+;;. The monoisotopic (exact) mass is 428 g/mol. The highest BCUT2D eigenvalue weighted by Gasteiger charge is 2.14. The van der Waals surface area contributed by atoms with Crippen LogP contribution in [0.5, 0.6) is 5.75 Å². The first-order valence-corrected chi connectivity index (χ1v) is 11.1. The number of hydrogen-bond donors (Lipinski definition) is 0. The number of methoxy groups -OCH3 is 1. The van der Waals surface area contributed by atoms with Crippen LogP contribution >= 0.6 is 0 Å². The Morgan fingerprint density at radius 2 is 1.44 bits per heavy atom. The molecule has 0 saturated carbocycles. The van der Waals surface area contributed by atoms with Gasteiger partial charge in [0.05, 0.1) is 18.1 Å². The third-order valence-corrected chi connectivity index (χ3v) is 4.85. The second kappa shape index (κ2) is 12.3. The fourth-order valence-corrected chi connectivity index (χ4v) is 3.35. The maximum atomic E-state index is 13.2. The number of para-hydroxylation sites is 1. The zero-order valence-electron chi connectivity index (χ0n) is 19.8. The zero-order chi connectivity index (χ0) is 23.5. The number of benzene rings is 3. The third kappa shape index (κ3) is 5.36. The van der Waals surface area contributed by atoms with Gasteiger partial charge in [0.25, 0.3) is 0 Å². The summed E-state index contributed by atoms with van der Waals surface area (Å²) in [6.07, 6.45) is 3.81. The van der Waals surface area contributed by atoms with E-state index < -0.39 is 0 Å². The van der Waals surface area contributed by atoms with E-state index in [4.69, 9.17) is 9.15 Å². The fourth-order valence-electron chi connectivity index (χ4n) is 3.35. The van der Waals surface area contributed by atoms with Gasteiger partial charge in [0.15, 0.2) is 0 Å². The van der Waals surface area contributed by atoms with Crippen molar-refractivity contribution in [3.63, 3.8) is 0 Å². The highest BCUT2D eigenvalue weighted by atomic mass is 16.5. The lowest BCUT2D eigenvalue weighted by atomic mass is 10.0. The van der Waals surface area contributed by atoms with E-state index in [-0.39, 0.29) is 5.43 Å². The Balaban J connectivity index is 0.000000860. The summed E-state index contributed by atoms with van der Waals surface area (Å²) in [5.41, 5.74) is 3.99. The van der Waals surface area contributed by atoms with Crippen molar-refractivity contribution in [2.24, 2.45) is 0 Å². The predicted molar refractivity (Wildman–Crippen MR) is 137 cm³/mol. The SMILES string of the molecule is CC.CC.COc1cccc(/C=C/c2oc3ccccc3c(=O)c2-c2ccccc2)c1C. The van der Waals surface area contributed by atoms with E-state index in [1.54, 1.807) is 13.2 Å². The molecule has 0 fully saturated rings. The first-order chi connectivity index (χ1) is 15.7. The van der Waals surface area contributed by atoms with Crippen molar-refractivity contribution < 1.29 is 9.15 Å². The fraction of sp³-hybridized carbons (Fsp3) is 0.207. The van der Waals surface area contributed by atoms with E-state index in [1.807, 2.05) is 114 Å². The van der Waals surface area contributed by atoms with Crippen LogP contribution in [0.3, 0.4) is 0 Å². The minimum absolute atomic E-state index is 0.0323. The summed E-state index contributed by atoms with van der Waals surface area (Å²) in [7, 11) is 1.66. The molecule has 1 heterocycles. The van der Waals surface area contributed by atoms with E-state index in [0.717, 1.165) is 22.4 Å². The second-order valence-electron chi connectivity index (χ2n) is 6.54. The molecule has 0 unspecified atom stereocenters. The van der Waals surface area contributed by atoms with Crippen LogP contribution in [0.1, 0.15) is 44.6 Å². The summed E-state index contributed by atoms with van der Waals surface area (Å²) in [6, 6.07) is 22.8. The number of hydrogen-bond acceptors (Lipinski definition) is 3. The van der Waals surface area contributed by atoms with Crippen LogP contribution in [-0.2, 0) is 0 Å². The molecule has 0 saturated heterocycles. The summed E-state index contributed by atoms with van der Waals surface area (Å²) in [6.45, 7) is 10.0. The van der Waals surface area contributed by atoms with Gasteiger partial charge in [-0.05, 0) is 47.9 Å². The lowest BCUT2D eigenvalue weighted by Gasteiger charge is -2.09. The predicted octanol–water partition coefficient (Wildman–Crippen LogP) is 8.00. The molecule has 3 nitrogen and oxygen atoms in total. The average molecular weight is 429 g/mol. The van der Waals surface area contributed by atoms with Crippen LogP contribution in [0.4, 0.5) is 0 Å². The molecule has 0 amide bonds. The van der Waals surface area contributed by atoms with Gasteiger partial charge in [0.2, 0.25) is 5.43 Å². The molecular formula is C29H32O3. The summed E-state index contributed by atoms with van der Waals surface area (Å²) in [4.78, 5) is 13.2. The van der Waals surface area contributed by atoms with Gasteiger partial charge in [-0.1, -0.05) is 88.4 Å². The number of ether oxygens (including phenoxy) is 1. The molecule has 0 aliphatic rings. The average Bonchev–Trinajstić information content (AvgIpc) is 2.86. The number of rotatable bonds is 4. The molecule has 0 aliphatic carbocycles. The minimum Gasteiger partial charge on any atom is -0.496 e. The molecule has 1 aromatic heterocycles. The molecule has 0 bridgehead atoms. The largest absolute Gasteiger partial charge is 0.496 e. The number of fused-ring (bicyclic) bond motifs is 1. The van der Waals surface area contributed by atoms with Crippen molar-refractivity contribution in [1.29, 1.82) is 0 Å². The van der Waals surface area contributed by atoms with Crippen LogP contribution in [0, 0.1) is 6.92 Å². The topological polar surface area (TPSA) is 39.4 Å². The first kappa shape index (κ1) is 24.7. The molecular weight excluding hydrogens is 396 g/mol. The molecule has 0 aliphatic heterocycles. The summed E-state index contributed by atoms with van der Waals surface area (Å²) >= 11 is 0. The van der Waals surface area contributed by atoms with Crippen LogP contribution in [0.25, 0.3) is 34.2 Å². The van der Waals surface area contributed by atoms with E-state index in [0.29, 0.717) is 22.3 Å². The first-order valence-electron chi connectivity index (χ1n) is 11.1. The smallest absolute Gasteiger partial charge is 0.201 e. The maximum absolute atomic E-state index is 13.2. The van der Waals surface area contributed by atoms with Gasteiger partial charge < -0.3 is 9.15 Å². The summed E-state index contributed by atoms with van der Waals surface area (Å²) in [5.74, 6) is 1.36. The zero-order valence-corrected chi connectivity index (χ0v) is 19.8. The maximum Gasteiger partial charge on any atom is 0.201 e. The molecule has 0 atom stereocenters. The van der Waals surface area contributed by atoms with Crippen molar-refractivity contribution in [2.75, 3.05) is 7.11 Å². The van der Waals surface area contributed by atoms with Gasteiger partial charge in [-0.15, -0.1) is 0 Å². The lowest BCUT2D eigenvalue weighted by Crippen LogP contribution is -2.07. The van der Waals surface area contributed by atoms with E-state index >= 15 is 0 Å². The quantitative estimate of drug-likeness (QED) is 0.330. The van der Waals surface area contributed by atoms with Gasteiger partial charge in [-0.3, -0.25) is 4.79 Å². The van der Waals surface area contributed by atoms with Crippen molar-refractivity contribution in [3.8, 4) is 16.9 Å².